The first kappa shape index (κ1) is 20.6. The lowest BCUT2D eigenvalue weighted by molar-refractivity contribution is 0.102. The molecule has 4 rings (SSSR count). The Balaban J connectivity index is 1.36. The molecule has 1 fully saturated rings. The highest BCUT2D eigenvalue weighted by molar-refractivity contribution is 7.98. The molecule has 0 aliphatic carbocycles. The summed E-state index contributed by atoms with van der Waals surface area (Å²) in [5.41, 5.74) is 2.41. The summed E-state index contributed by atoms with van der Waals surface area (Å²) in [5.74, 6) is 1.55. The minimum atomic E-state index is -2.96. The van der Waals surface area contributed by atoms with Gasteiger partial charge in [0.05, 0.1) is 11.5 Å². The highest BCUT2D eigenvalue weighted by Gasteiger charge is 2.32. The average Bonchev–Trinajstić information content (AvgIpc) is 3.29. The minimum Gasteiger partial charge on any atom is -0.322 e. The van der Waals surface area contributed by atoms with E-state index in [1.54, 1.807) is 12.1 Å². The van der Waals surface area contributed by atoms with Gasteiger partial charge in [-0.1, -0.05) is 42.1 Å². The van der Waals surface area contributed by atoms with Crippen molar-refractivity contribution in [3.8, 4) is 0 Å². The third-order valence-corrected chi connectivity index (χ3v) is 7.94. The van der Waals surface area contributed by atoms with Gasteiger partial charge in [0.1, 0.15) is 5.82 Å². The zero-order chi connectivity index (χ0) is 21.1. The van der Waals surface area contributed by atoms with Crippen molar-refractivity contribution < 1.29 is 13.2 Å². The lowest BCUT2D eigenvalue weighted by Crippen LogP contribution is -2.11. The summed E-state index contributed by atoms with van der Waals surface area (Å²) in [5, 5.41) is 12.1. The first-order valence-electron chi connectivity index (χ1n) is 9.59. The molecule has 7 nitrogen and oxygen atoms in total. The molecule has 1 unspecified atom stereocenters. The second-order valence-corrected chi connectivity index (χ2v) is 10.5. The Morgan fingerprint density at radius 1 is 1.13 bits per heavy atom. The smallest absolute Gasteiger partial charge is 0.255 e. The fraction of sp³-hybridized carbons (Fsp3) is 0.286. The van der Waals surface area contributed by atoms with E-state index in [1.165, 1.54) is 11.8 Å². The molecule has 1 aliphatic heterocycles. The molecule has 2 heterocycles. The number of carbonyl (C=O) groups excluding carboxylic acids is 1. The Morgan fingerprint density at radius 2 is 1.87 bits per heavy atom. The molecule has 0 bridgehead atoms. The van der Waals surface area contributed by atoms with Crippen LogP contribution in [-0.4, -0.2) is 40.6 Å². The van der Waals surface area contributed by atoms with Crippen LogP contribution in [0.2, 0.25) is 0 Å². The van der Waals surface area contributed by atoms with Crippen LogP contribution in [0, 0.1) is 0 Å². The second kappa shape index (κ2) is 8.61. The summed E-state index contributed by atoms with van der Waals surface area (Å²) < 4.78 is 25.3. The normalized spacial score (nSPS) is 17.7. The summed E-state index contributed by atoms with van der Waals surface area (Å²) >= 11 is 1.54. The molecule has 0 spiro atoms. The second-order valence-electron chi connectivity index (χ2n) is 7.31. The van der Waals surface area contributed by atoms with Crippen LogP contribution in [0.25, 0.3) is 0 Å². The van der Waals surface area contributed by atoms with Crippen LogP contribution in [-0.2, 0) is 22.6 Å². The predicted octanol–water partition coefficient (Wildman–Crippen LogP) is 3.26. The van der Waals surface area contributed by atoms with Crippen LogP contribution in [0.1, 0.15) is 34.1 Å². The van der Waals surface area contributed by atoms with Crippen LogP contribution in [0.5, 0.6) is 0 Å². The van der Waals surface area contributed by atoms with Crippen molar-refractivity contribution in [2.75, 3.05) is 16.8 Å². The number of nitrogens with zero attached hydrogens (tertiary/aromatic N) is 3. The van der Waals surface area contributed by atoms with Crippen molar-refractivity contribution >= 4 is 33.2 Å². The van der Waals surface area contributed by atoms with E-state index < -0.39 is 9.84 Å². The predicted molar refractivity (Wildman–Crippen MR) is 117 cm³/mol. The molecule has 1 atom stereocenters. The van der Waals surface area contributed by atoms with Gasteiger partial charge in [0.2, 0.25) is 0 Å². The van der Waals surface area contributed by atoms with Crippen LogP contribution >= 0.6 is 11.8 Å². The van der Waals surface area contributed by atoms with E-state index in [-0.39, 0.29) is 23.3 Å². The van der Waals surface area contributed by atoms with Gasteiger partial charge in [0.25, 0.3) is 5.91 Å². The van der Waals surface area contributed by atoms with Crippen molar-refractivity contribution in [3.05, 3.63) is 71.5 Å². The van der Waals surface area contributed by atoms with Gasteiger partial charge >= 0.3 is 0 Å². The number of nitrogens with one attached hydrogen (secondary N) is 1. The van der Waals surface area contributed by atoms with Crippen molar-refractivity contribution in [1.82, 2.24) is 14.8 Å². The molecule has 2 aromatic carbocycles. The number of benzene rings is 2. The lowest BCUT2D eigenvalue weighted by Gasteiger charge is -2.08. The molecule has 0 radical (unpaired) electrons. The molecule has 30 heavy (non-hydrogen) atoms. The van der Waals surface area contributed by atoms with Gasteiger partial charge in [-0.15, -0.1) is 10.2 Å². The molecule has 9 heteroatoms. The van der Waals surface area contributed by atoms with Crippen molar-refractivity contribution in [3.63, 3.8) is 0 Å². The van der Waals surface area contributed by atoms with Crippen LogP contribution in [0.4, 0.5) is 5.69 Å². The quantitative estimate of drug-likeness (QED) is 0.589. The molecule has 1 saturated heterocycles. The van der Waals surface area contributed by atoms with Crippen LogP contribution < -0.4 is 5.32 Å². The summed E-state index contributed by atoms with van der Waals surface area (Å²) in [7, 11) is -1.08. The number of amides is 1. The summed E-state index contributed by atoms with van der Waals surface area (Å²) in [6.45, 7) is 0. The summed E-state index contributed by atoms with van der Waals surface area (Å²) in [6.07, 6.45) is 0.603. The standard InChI is InChI=1S/C21H22N4O3S2/c1-25-19(17-11-12-30(27,28)14-17)23-24-21(25)29-13-15-7-9-16(10-8-15)20(26)22-18-5-3-2-4-6-18/h2-10,17H,11-14H2,1H3,(H,22,26). The monoisotopic (exact) mass is 442 g/mol. The maximum absolute atomic E-state index is 12.3. The third kappa shape index (κ3) is 4.73. The molecule has 156 valence electrons. The molecule has 1 aromatic heterocycles. The number of thioether (sulfide) groups is 1. The Labute approximate surface area is 179 Å². The number of para-hydroxylation sites is 1. The maximum atomic E-state index is 12.3. The first-order chi connectivity index (χ1) is 14.4. The highest BCUT2D eigenvalue weighted by atomic mass is 32.2. The van der Waals surface area contributed by atoms with Crippen LogP contribution in [0.15, 0.2) is 59.8 Å². The Kier molecular flexibility index (Phi) is 5.92. The number of rotatable bonds is 6. The Bertz CT molecular complexity index is 1140. The number of aromatic nitrogens is 3. The highest BCUT2D eigenvalue weighted by Crippen LogP contribution is 2.30. The van der Waals surface area contributed by atoms with Crippen molar-refractivity contribution in [1.29, 1.82) is 0 Å². The SMILES string of the molecule is Cn1c(SCc2ccc(C(=O)Nc3ccccc3)cc2)nnc1C1CCS(=O)(=O)C1. The lowest BCUT2D eigenvalue weighted by atomic mass is 10.1. The molecular weight excluding hydrogens is 420 g/mol. The van der Waals surface area contributed by atoms with E-state index in [2.05, 4.69) is 15.5 Å². The van der Waals surface area contributed by atoms with E-state index in [4.69, 9.17) is 0 Å². The van der Waals surface area contributed by atoms with Gasteiger partial charge in [-0.2, -0.15) is 0 Å². The van der Waals surface area contributed by atoms with E-state index in [9.17, 15) is 13.2 Å². The molecule has 3 aromatic rings. The van der Waals surface area contributed by atoms with Gasteiger partial charge in [0.15, 0.2) is 15.0 Å². The minimum absolute atomic E-state index is 0.0794. The van der Waals surface area contributed by atoms with Gasteiger partial charge in [0, 0.05) is 30.0 Å². The van der Waals surface area contributed by atoms with Crippen molar-refractivity contribution in [2.24, 2.45) is 7.05 Å². The van der Waals surface area contributed by atoms with Gasteiger partial charge in [-0.3, -0.25) is 4.79 Å². The number of hydrogen-bond acceptors (Lipinski definition) is 6. The molecule has 0 saturated carbocycles. The topological polar surface area (TPSA) is 93.9 Å². The largest absolute Gasteiger partial charge is 0.322 e. The average molecular weight is 443 g/mol. The van der Waals surface area contributed by atoms with Gasteiger partial charge in [-0.25, -0.2) is 8.42 Å². The molecule has 1 amide bonds. The van der Waals surface area contributed by atoms with E-state index in [0.717, 1.165) is 22.2 Å². The Morgan fingerprint density at radius 3 is 2.53 bits per heavy atom. The third-order valence-electron chi connectivity index (χ3n) is 5.08. The zero-order valence-corrected chi connectivity index (χ0v) is 18.1. The fourth-order valence-electron chi connectivity index (χ4n) is 3.43. The Hall–Kier alpha value is -2.65. The number of carbonyl (C=O) groups is 1. The number of anilines is 1. The zero-order valence-electron chi connectivity index (χ0n) is 16.5. The van der Waals surface area contributed by atoms with Gasteiger partial charge < -0.3 is 9.88 Å². The van der Waals surface area contributed by atoms with Crippen LogP contribution in [0.3, 0.4) is 0 Å². The summed E-state index contributed by atoms with van der Waals surface area (Å²) in [6, 6.07) is 16.8. The van der Waals surface area contributed by atoms with Gasteiger partial charge in [-0.05, 0) is 36.2 Å². The van der Waals surface area contributed by atoms with E-state index in [0.29, 0.717) is 17.7 Å². The first-order valence-corrected chi connectivity index (χ1v) is 12.4. The fourth-order valence-corrected chi connectivity index (χ4v) is 6.04. The molecule has 1 N–H and O–H groups in total. The molecule has 1 aliphatic rings. The maximum Gasteiger partial charge on any atom is 0.255 e. The summed E-state index contributed by atoms with van der Waals surface area (Å²) in [4.78, 5) is 12.3. The van der Waals surface area contributed by atoms with E-state index in [1.807, 2.05) is 54.1 Å². The molecular formula is C21H22N4O3S2. The number of hydrogen-bond donors (Lipinski definition) is 1. The van der Waals surface area contributed by atoms with E-state index >= 15 is 0 Å². The number of sulfone groups is 1. The van der Waals surface area contributed by atoms with Crippen molar-refractivity contribution in [2.45, 2.75) is 23.2 Å².